The molecule has 1 aromatic carbocycles. The molecular formula is C16H21N3O2. The van der Waals surface area contributed by atoms with Gasteiger partial charge in [-0.1, -0.05) is 48.9 Å². The summed E-state index contributed by atoms with van der Waals surface area (Å²) in [4.78, 5) is 11.3. The number of aromatic nitrogens is 3. The zero-order valence-electron chi connectivity index (χ0n) is 12.7. The molecular weight excluding hydrogens is 266 g/mol. The minimum absolute atomic E-state index is 0.0558. The summed E-state index contributed by atoms with van der Waals surface area (Å²) in [6.07, 6.45) is 1.48. The van der Waals surface area contributed by atoms with Crippen LogP contribution in [0.4, 0.5) is 0 Å². The summed E-state index contributed by atoms with van der Waals surface area (Å²) < 4.78 is 1.73. The van der Waals surface area contributed by atoms with E-state index in [2.05, 4.69) is 30.2 Å². The second kappa shape index (κ2) is 6.52. The Morgan fingerprint density at radius 2 is 2.14 bits per heavy atom. The molecule has 0 amide bonds. The summed E-state index contributed by atoms with van der Waals surface area (Å²) in [5.41, 5.74) is 2.96. The maximum Gasteiger partial charge on any atom is 0.358 e. The van der Waals surface area contributed by atoms with Gasteiger partial charge in [0.05, 0.1) is 5.69 Å². The number of rotatable bonds is 6. The zero-order chi connectivity index (χ0) is 15.4. The molecule has 1 heterocycles. The maximum atomic E-state index is 11.3. The van der Waals surface area contributed by atoms with E-state index in [4.69, 9.17) is 0 Å². The van der Waals surface area contributed by atoms with Crippen LogP contribution in [0.25, 0.3) is 0 Å². The number of hydrogen-bond donors (Lipinski definition) is 1. The lowest BCUT2D eigenvalue weighted by molar-refractivity contribution is 0.0689. The smallest absolute Gasteiger partial charge is 0.358 e. The highest BCUT2D eigenvalue weighted by Gasteiger charge is 2.19. The fourth-order valence-corrected chi connectivity index (χ4v) is 2.25. The molecule has 112 valence electrons. The van der Waals surface area contributed by atoms with Crippen molar-refractivity contribution in [2.75, 3.05) is 0 Å². The Hall–Kier alpha value is -2.17. The van der Waals surface area contributed by atoms with Crippen LogP contribution in [0.2, 0.25) is 0 Å². The van der Waals surface area contributed by atoms with E-state index in [0.29, 0.717) is 24.6 Å². The Morgan fingerprint density at radius 3 is 2.76 bits per heavy atom. The molecule has 2 aromatic rings. The molecule has 0 bridgehead atoms. The number of nitrogens with zero attached hydrogens (tertiary/aromatic N) is 3. The third kappa shape index (κ3) is 3.90. The Kier molecular flexibility index (Phi) is 4.73. The normalized spacial score (nSPS) is 11.0. The first-order valence-electron chi connectivity index (χ1n) is 7.18. The lowest BCUT2D eigenvalue weighted by Gasteiger charge is -2.09. The molecule has 5 heteroatoms. The van der Waals surface area contributed by atoms with Gasteiger partial charge in [0.2, 0.25) is 0 Å². The molecule has 0 fully saturated rings. The Labute approximate surface area is 124 Å². The molecule has 0 spiro atoms. The van der Waals surface area contributed by atoms with Crippen LogP contribution >= 0.6 is 0 Å². The van der Waals surface area contributed by atoms with Gasteiger partial charge in [-0.25, -0.2) is 9.48 Å². The van der Waals surface area contributed by atoms with Gasteiger partial charge in [0.1, 0.15) is 0 Å². The fourth-order valence-electron chi connectivity index (χ4n) is 2.25. The van der Waals surface area contributed by atoms with Crippen molar-refractivity contribution in [3.63, 3.8) is 0 Å². The average molecular weight is 287 g/mol. The van der Waals surface area contributed by atoms with Crippen molar-refractivity contribution in [3.8, 4) is 0 Å². The first kappa shape index (κ1) is 15.2. The van der Waals surface area contributed by atoms with E-state index >= 15 is 0 Å². The van der Waals surface area contributed by atoms with E-state index in [-0.39, 0.29) is 5.69 Å². The highest BCUT2D eigenvalue weighted by molar-refractivity contribution is 5.86. The van der Waals surface area contributed by atoms with Gasteiger partial charge < -0.3 is 5.11 Å². The van der Waals surface area contributed by atoms with E-state index in [9.17, 15) is 9.90 Å². The standard InChI is InChI=1S/C16H21N3O2/c1-11(2)7-8-19-14(15(16(20)21)17-18-19)10-13-6-4-5-12(3)9-13/h4-6,9,11H,7-8,10H2,1-3H3,(H,20,21). The minimum Gasteiger partial charge on any atom is -0.476 e. The third-order valence-corrected chi connectivity index (χ3v) is 3.41. The Bertz CT molecular complexity index is 632. The molecule has 0 aliphatic carbocycles. The lowest BCUT2D eigenvalue weighted by Crippen LogP contribution is -2.10. The molecule has 0 radical (unpaired) electrons. The summed E-state index contributed by atoms with van der Waals surface area (Å²) in [5.74, 6) is -0.484. The van der Waals surface area contributed by atoms with Crippen LogP contribution in [0.1, 0.15) is 47.6 Å². The van der Waals surface area contributed by atoms with Gasteiger partial charge in [-0.15, -0.1) is 5.10 Å². The fraction of sp³-hybridized carbons (Fsp3) is 0.438. The number of hydrogen-bond acceptors (Lipinski definition) is 3. The molecule has 0 saturated carbocycles. The third-order valence-electron chi connectivity index (χ3n) is 3.41. The lowest BCUT2D eigenvalue weighted by atomic mass is 10.1. The van der Waals surface area contributed by atoms with Crippen molar-refractivity contribution >= 4 is 5.97 Å². The molecule has 0 unspecified atom stereocenters. The van der Waals surface area contributed by atoms with Gasteiger partial charge in [0.25, 0.3) is 0 Å². The van der Waals surface area contributed by atoms with Crippen LogP contribution in [0.15, 0.2) is 24.3 Å². The monoisotopic (exact) mass is 287 g/mol. The van der Waals surface area contributed by atoms with Gasteiger partial charge in [-0.3, -0.25) is 0 Å². The van der Waals surface area contributed by atoms with Gasteiger partial charge in [0, 0.05) is 13.0 Å². The number of benzene rings is 1. The Morgan fingerprint density at radius 1 is 1.38 bits per heavy atom. The van der Waals surface area contributed by atoms with Crippen LogP contribution < -0.4 is 0 Å². The van der Waals surface area contributed by atoms with Crippen LogP contribution in [0.3, 0.4) is 0 Å². The molecule has 1 N–H and O–H groups in total. The van der Waals surface area contributed by atoms with Crippen molar-refractivity contribution in [2.24, 2.45) is 5.92 Å². The van der Waals surface area contributed by atoms with Crippen LogP contribution in [-0.2, 0) is 13.0 Å². The summed E-state index contributed by atoms with van der Waals surface area (Å²) in [6.45, 7) is 6.99. The quantitative estimate of drug-likeness (QED) is 0.887. The van der Waals surface area contributed by atoms with Gasteiger partial charge in [-0.2, -0.15) is 0 Å². The molecule has 0 saturated heterocycles. The van der Waals surface area contributed by atoms with Crippen molar-refractivity contribution in [1.29, 1.82) is 0 Å². The van der Waals surface area contributed by atoms with Crippen LogP contribution in [0.5, 0.6) is 0 Å². The number of carboxylic acid groups (broad SMARTS) is 1. The van der Waals surface area contributed by atoms with Crippen molar-refractivity contribution in [3.05, 3.63) is 46.8 Å². The Balaban J connectivity index is 2.30. The van der Waals surface area contributed by atoms with Crippen molar-refractivity contribution in [2.45, 2.75) is 40.2 Å². The number of carboxylic acids is 1. The summed E-state index contributed by atoms with van der Waals surface area (Å²) in [7, 11) is 0. The number of aromatic carboxylic acids is 1. The second-order valence-electron chi connectivity index (χ2n) is 5.76. The van der Waals surface area contributed by atoms with E-state index < -0.39 is 5.97 Å². The summed E-state index contributed by atoms with van der Waals surface area (Å²) >= 11 is 0. The second-order valence-corrected chi connectivity index (χ2v) is 5.76. The van der Waals surface area contributed by atoms with E-state index in [1.54, 1.807) is 4.68 Å². The molecule has 5 nitrogen and oxygen atoms in total. The molecule has 2 rings (SSSR count). The van der Waals surface area contributed by atoms with Crippen molar-refractivity contribution in [1.82, 2.24) is 15.0 Å². The topological polar surface area (TPSA) is 68.0 Å². The van der Waals surface area contributed by atoms with Gasteiger partial charge in [-0.05, 0) is 24.8 Å². The molecule has 0 aliphatic heterocycles. The zero-order valence-corrected chi connectivity index (χ0v) is 12.7. The molecule has 0 atom stereocenters. The van der Waals surface area contributed by atoms with E-state index in [0.717, 1.165) is 17.5 Å². The van der Waals surface area contributed by atoms with E-state index in [1.807, 2.05) is 25.1 Å². The molecule has 21 heavy (non-hydrogen) atoms. The largest absolute Gasteiger partial charge is 0.476 e. The van der Waals surface area contributed by atoms with Crippen molar-refractivity contribution < 1.29 is 9.90 Å². The predicted molar refractivity (Wildman–Crippen MR) is 80.4 cm³/mol. The van der Waals surface area contributed by atoms with E-state index in [1.165, 1.54) is 0 Å². The predicted octanol–water partition coefficient (Wildman–Crippen LogP) is 2.92. The van der Waals surface area contributed by atoms with Crippen LogP contribution in [0, 0.1) is 12.8 Å². The number of carbonyl (C=O) groups is 1. The minimum atomic E-state index is -1.02. The SMILES string of the molecule is Cc1cccc(Cc2c(C(=O)O)nnn2CCC(C)C)c1. The molecule has 1 aromatic heterocycles. The van der Waals surface area contributed by atoms with Crippen LogP contribution in [-0.4, -0.2) is 26.1 Å². The summed E-state index contributed by atoms with van der Waals surface area (Å²) in [6, 6.07) is 8.06. The number of aryl methyl sites for hydroxylation is 2. The highest BCUT2D eigenvalue weighted by Crippen LogP contribution is 2.15. The van der Waals surface area contributed by atoms with Gasteiger partial charge >= 0.3 is 5.97 Å². The average Bonchev–Trinajstić information content (AvgIpc) is 2.79. The van der Waals surface area contributed by atoms with Gasteiger partial charge in [0.15, 0.2) is 5.69 Å². The first-order valence-corrected chi connectivity index (χ1v) is 7.18. The summed E-state index contributed by atoms with van der Waals surface area (Å²) in [5, 5.41) is 17.1. The molecule has 0 aliphatic rings. The highest BCUT2D eigenvalue weighted by atomic mass is 16.4. The maximum absolute atomic E-state index is 11.3. The first-order chi connectivity index (χ1) is 9.97.